The van der Waals surface area contributed by atoms with Crippen LogP contribution in [0, 0.1) is 16.7 Å². The summed E-state index contributed by atoms with van der Waals surface area (Å²) in [6.07, 6.45) is 7.44. The number of ether oxygens (including phenoxy) is 1. The monoisotopic (exact) mass is 348 g/mol. The van der Waals surface area contributed by atoms with E-state index in [1.54, 1.807) is 11.6 Å². The van der Waals surface area contributed by atoms with Crippen molar-refractivity contribution in [3.8, 4) is 0 Å². The Labute approximate surface area is 153 Å². The topological polar surface area (TPSA) is 46.5 Å². The first-order chi connectivity index (χ1) is 11.4. The van der Waals surface area contributed by atoms with Crippen LogP contribution in [0.25, 0.3) is 0 Å². The molecule has 0 saturated heterocycles. The smallest absolute Gasteiger partial charge is 0.302 e. The summed E-state index contributed by atoms with van der Waals surface area (Å²) in [5, 5.41) is 10.4. The van der Waals surface area contributed by atoms with E-state index in [1.807, 2.05) is 6.92 Å². The molecule has 25 heavy (non-hydrogen) atoms. The van der Waals surface area contributed by atoms with E-state index >= 15 is 0 Å². The van der Waals surface area contributed by atoms with Crippen molar-refractivity contribution < 1.29 is 14.6 Å². The van der Waals surface area contributed by atoms with E-state index in [1.165, 1.54) is 12.5 Å². The molecule has 0 radical (unpaired) electrons. The van der Waals surface area contributed by atoms with Gasteiger partial charge >= 0.3 is 5.97 Å². The summed E-state index contributed by atoms with van der Waals surface area (Å²) >= 11 is 0. The molecule has 4 atom stereocenters. The molecular weight excluding hydrogens is 312 g/mol. The van der Waals surface area contributed by atoms with Crippen molar-refractivity contribution >= 4 is 5.97 Å². The Kier molecular flexibility index (Phi) is 5.59. The molecule has 0 aliphatic heterocycles. The van der Waals surface area contributed by atoms with Crippen LogP contribution in [0.5, 0.6) is 0 Å². The molecule has 1 N–H and O–H groups in total. The van der Waals surface area contributed by atoms with E-state index in [0.29, 0.717) is 5.92 Å². The predicted molar refractivity (Wildman–Crippen MR) is 102 cm³/mol. The summed E-state index contributed by atoms with van der Waals surface area (Å²) in [7, 11) is 0. The SMILES string of the molecule is C=CC(C)(O)CC[C@@]1(C)C2=C(CCC1C)C(C)(C)[C@@H](OC(C)=O)CC2. The molecule has 2 aliphatic carbocycles. The summed E-state index contributed by atoms with van der Waals surface area (Å²) in [6, 6.07) is 0. The van der Waals surface area contributed by atoms with Gasteiger partial charge in [0.2, 0.25) is 0 Å². The third-order valence-electron chi connectivity index (χ3n) is 7.11. The van der Waals surface area contributed by atoms with Crippen molar-refractivity contribution in [2.75, 3.05) is 0 Å². The molecule has 0 amide bonds. The Morgan fingerprint density at radius 1 is 1.32 bits per heavy atom. The van der Waals surface area contributed by atoms with Crippen LogP contribution >= 0.6 is 0 Å². The van der Waals surface area contributed by atoms with Gasteiger partial charge in [-0.25, -0.2) is 0 Å². The van der Waals surface area contributed by atoms with Gasteiger partial charge in [-0.3, -0.25) is 4.79 Å². The average Bonchev–Trinajstić information content (AvgIpc) is 2.51. The number of aliphatic hydroxyl groups is 1. The van der Waals surface area contributed by atoms with E-state index in [4.69, 9.17) is 4.74 Å². The van der Waals surface area contributed by atoms with Crippen molar-refractivity contribution in [2.45, 2.75) is 91.8 Å². The van der Waals surface area contributed by atoms with Crippen LogP contribution in [0.2, 0.25) is 0 Å². The Bertz CT molecular complexity index is 570. The standard InChI is InChI=1S/C22H36O3/c1-8-21(6,24)13-14-22(7)15(2)9-10-17-18(22)11-12-19(20(17,4)5)25-16(3)23/h8,15,19,24H,1,9-14H2,2-7H3/t15?,19-,21?,22+/m0/s1. The van der Waals surface area contributed by atoms with Crippen LogP contribution in [0.15, 0.2) is 23.8 Å². The molecule has 0 fully saturated rings. The third-order valence-corrected chi connectivity index (χ3v) is 7.11. The lowest BCUT2D eigenvalue weighted by Crippen LogP contribution is -2.45. The summed E-state index contributed by atoms with van der Waals surface area (Å²) in [5.74, 6) is 0.407. The number of carbonyl (C=O) groups excluding carboxylic acids is 1. The van der Waals surface area contributed by atoms with Crippen molar-refractivity contribution in [3.63, 3.8) is 0 Å². The maximum absolute atomic E-state index is 11.5. The molecular formula is C22H36O3. The van der Waals surface area contributed by atoms with E-state index in [9.17, 15) is 9.90 Å². The normalized spacial score (nSPS) is 34.0. The fourth-order valence-corrected chi connectivity index (χ4v) is 4.87. The fraction of sp³-hybridized carbons (Fsp3) is 0.773. The highest BCUT2D eigenvalue weighted by Crippen LogP contribution is 2.57. The minimum absolute atomic E-state index is 0.0299. The van der Waals surface area contributed by atoms with Crippen molar-refractivity contribution in [1.29, 1.82) is 0 Å². The Balaban J connectivity index is 2.36. The van der Waals surface area contributed by atoms with E-state index in [0.717, 1.165) is 38.5 Å². The second-order valence-corrected chi connectivity index (χ2v) is 9.23. The molecule has 142 valence electrons. The molecule has 2 aliphatic rings. The molecule has 3 heteroatoms. The highest BCUT2D eigenvalue weighted by atomic mass is 16.5. The lowest BCUT2D eigenvalue weighted by molar-refractivity contribution is -0.152. The number of rotatable bonds is 5. The maximum atomic E-state index is 11.5. The van der Waals surface area contributed by atoms with Crippen molar-refractivity contribution in [1.82, 2.24) is 0 Å². The Morgan fingerprint density at radius 2 is 1.92 bits per heavy atom. The van der Waals surface area contributed by atoms with Crippen LogP contribution in [0.4, 0.5) is 0 Å². The molecule has 0 aromatic rings. The van der Waals surface area contributed by atoms with Gasteiger partial charge in [0, 0.05) is 12.3 Å². The van der Waals surface area contributed by atoms with Crippen molar-refractivity contribution in [3.05, 3.63) is 23.8 Å². The summed E-state index contributed by atoms with van der Waals surface area (Å²) in [5.41, 5.74) is 2.22. The fourth-order valence-electron chi connectivity index (χ4n) is 4.87. The molecule has 2 rings (SSSR count). The zero-order valence-electron chi connectivity index (χ0n) is 16.9. The zero-order chi connectivity index (χ0) is 19.0. The largest absolute Gasteiger partial charge is 0.462 e. The van der Waals surface area contributed by atoms with Gasteiger partial charge in [0.15, 0.2) is 0 Å². The number of carbonyl (C=O) groups is 1. The van der Waals surface area contributed by atoms with Crippen LogP contribution < -0.4 is 0 Å². The molecule has 0 aromatic carbocycles. The first-order valence-electron chi connectivity index (χ1n) is 9.70. The lowest BCUT2D eigenvalue weighted by Gasteiger charge is -2.52. The minimum atomic E-state index is -0.814. The second-order valence-electron chi connectivity index (χ2n) is 9.23. The molecule has 2 unspecified atom stereocenters. The van der Waals surface area contributed by atoms with Crippen LogP contribution in [-0.4, -0.2) is 22.8 Å². The van der Waals surface area contributed by atoms with Crippen LogP contribution in [0.1, 0.15) is 80.1 Å². The maximum Gasteiger partial charge on any atom is 0.302 e. The van der Waals surface area contributed by atoms with Gasteiger partial charge in [0.25, 0.3) is 0 Å². The zero-order valence-corrected chi connectivity index (χ0v) is 16.9. The Morgan fingerprint density at radius 3 is 2.48 bits per heavy atom. The predicted octanol–water partition coefficient (Wildman–Crippen LogP) is 5.19. The Hall–Kier alpha value is -1.09. The van der Waals surface area contributed by atoms with Crippen LogP contribution in [0.3, 0.4) is 0 Å². The first kappa shape index (κ1) is 20.2. The number of hydrogen-bond acceptors (Lipinski definition) is 3. The molecule has 3 nitrogen and oxygen atoms in total. The van der Waals surface area contributed by atoms with Gasteiger partial charge in [-0.05, 0) is 56.8 Å². The summed E-state index contributed by atoms with van der Waals surface area (Å²) in [6.45, 7) is 16.3. The van der Waals surface area contributed by atoms with Gasteiger partial charge in [0.1, 0.15) is 6.10 Å². The molecule has 0 spiro atoms. The van der Waals surface area contributed by atoms with Gasteiger partial charge < -0.3 is 9.84 Å². The van der Waals surface area contributed by atoms with Gasteiger partial charge in [-0.2, -0.15) is 0 Å². The van der Waals surface area contributed by atoms with Crippen molar-refractivity contribution in [2.24, 2.45) is 16.7 Å². The van der Waals surface area contributed by atoms with Gasteiger partial charge in [-0.15, -0.1) is 6.58 Å². The summed E-state index contributed by atoms with van der Waals surface area (Å²) < 4.78 is 5.66. The lowest BCUT2D eigenvalue weighted by atomic mass is 9.54. The number of allylic oxidation sites excluding steroid dienone is 1. The van der Waals surface area contributed by atoms with E-state index in [-0.39, 0.29) is 22.9 Å². The third kappa shape index (κ3) is 3.86. The van der Waals surface area contributed by atoms with Gasteiger partial charge in [-0.1, -0.05) is 44.9 Å². The highest BCUT2D eigenvalue weighted by molar-refractivity contribution is 5.66. The summed E-state index contributed by atoms with van der Waals surface area (Å²) in [4.78, 5) is 11.5. The molecule has 0 aromatic heterocycles. The average molecular weight is 349 g/mol. The molecule has 0 saturated carbocycles. The minimum Gasteiger partial charge on any atom is -0.462 e. The first-order valence-corrected chi connectivity index (χ1v) is 9.70. The highest BCUT2D eigenvalue weighted by Gasteiger charge is 2.48. The number of esters is 1. The second kappa shape index (κ2) is 6.90. The van der Waals surface area contributed by atoms with Crippen LogP contribution in [-0.2, 0) is 9.53 Å². The quantitative estimate of drug-likeness (QED) is 0.549. The number of hydrogen-bond donors (Lipinski definition) is 1. The molecule has 0 bridgehead atoms. The molecule has 0 heterocycles. The van der Waals surface area contributed by atoms with E-state index in [2.05, 4.69) is 34.3 Å². The van der Waals surface area contributed by atoms with E-state index < -0.39 is 5.60 Å². The van der Waals surface area contributed by atoms with Gasteiger partial charge in [0.05, 0.1) is 5.60 Å².